The Kier molecular flexibility index (Phi) is 4.62. The Morgan fingerprint density at radius 1 is 1.19 bits per heavy atom. The predicted molar refractivity (Wildman–Crippen MR) is 68.8 cm³/mol. The Balaban J connectivity index is 1.79. The van der Waals surface area contributed by atoms with Gasteiger partial charge in [-0.3, -0.25) is 4.90 Å². The van der Waals surface area contributed by atoms with Gasteiger partial charge in [-0.2, -0.15) is 0 Å². The lowest BCUT2D eigenvalue weighted by atomic mass is 10.0. The summed E-state index contributed by atoms with van der Waals surface area (Å²) in [6.07, 6.45) is 5.54. The summed E-state index contributed by atoms with van der Waals surface area (Å²) >= 11 is 0. The molecule has 2 fully saturated rings. The minimum atomic E-state index is 0.727. The van der Waals surface area contributed by atoms with E-state index in [1.54, 1.807) is 0 Å². The number of nitrogens with one attached hydrogen (secondary N) is 1. The number of likely N-dealkylation sites (tertiary alicyclic amines) is 2. The van der Waals surface area contributed by atoms with E-state index in [2.05, 4.69) is 29.1 Å². The number of nitrogens with zero attached hydrogens (tertiary/aromatic N) is 2. The van der Waals surface area contributed by atoms with Crippen molar-refractivity contribution in [1.82, 2.24) is 15.1 Å². The average Bonchev–Trinajstić information content (AvgIpc) is 2.76. The van der Waals surface area contributed by atoms with Crippen LogP contribution < -0.4 is 5.32 Å². The van der Waals surface area contributed by atoms with Gasteiger partial charge in [-0.05, 0) is 52.4 Å². The first kappa shape index (κ1) is 12.3. The van der Waals surface area contributed by atoms with Crippen LogP contribution in [0, 0.1) is 0 Å². The number of likely N-dealkylation sites (N-methyl/N-ethyl adjacent to an activating group) is 2. The number of hydrogen-bond donors (Lipinski definition) is 1. The highest BCUT2D eigenvalue weighted by atomic mass is 15.2. The van der Waals surface area contributed by atoms with Gasteiger partial charge in [0, 0.05) is 25.2 Å². The first-order chi connectivity index (χ1) is 7.83. The van der Waals surface area contributed by atoms with E-state index >= 15 is 0 Å². The Bertz CT molecular complexity index is 207. The molecule has 16 heavy (non-hydrogen) atoms. The van der Waals surface area contributed by atoms with Crippen molar-refractivity contribution in [2.75, 3.05) is 39.8 Å². The van der Waals surface area contributed by atoms with Crippen molar-refractivity contribution in [3.05, 3.63) is 0 Å². The maximum absolute atomic E-state index is 3.43. The molecule has 0 spiro atoms. The summed E-state index contributed by atoms with van der Waals surface area (Å²) in [7, 11) is 2.10. The fraction of sp³-hybridized carbons (Fsp3) is 1.00. The largest absolute Gasteiger partial charge is 0.316 e. The van der Waals surface area contributed by atoms with E-state index in [4.69, 9.17) is 0 Å². The van der Waals surface area contributed by atoms with Gasteiger partial charge in [0.1, 0.15) is 0 Å². The van der Waals surface area contributed by atoms with Gasteiger partial charge in [0.05, 0.1) is 0 Å². The molecule has 0 aromatic rings. The van der Waals surface area contributed by atoms with Crippen LogP contribution in [0.25, 0.3) is 0 Å². The summed E-state index contributed by atoms with van der Waals surface area (Å²) in [5.74, 6) is 0. The van der Waals surface area contributed by atoms with E-state index in [0.717, 1.165) is 12.1 Å². The summed E-state index contributed by atoms with van der Waals surface area (Å²) in [5, 5.41) is 3.43. The molecule has 0 aliphatic carbocycles. The van der Waals surface area contributed by atoms with Gasteiger partial charge in [0.2, 0.25) is 0 Å². The van der Waals surface area contributed by atoms with E-state index in [0.29, 0.717) is 0 Å². The smallest absolute Gasteiger partial charge is 0.0223 e. The molecule has 0 radical (unpaired) electrons. The second-order valence-corrected chi connectivity index (χ2v) is 5.31. The molecule has 2 aliphatic rings. The maximum atomic E-state index is 3.43. The van der Waals surface area contributed by atoms with Crippen molar-refractivity contribution in [2.24, 2.45) is 0 Å². The maximum Gasteiger partial charge on any atom is 0.0223 e. The third-order valence-electron chi connectivity index (χ3n) is 4.29. The summed E-state index contributed by atoms with van der Waals surface area (Å²) in [6.45, 7) is 8.71. The molecular formula is C13H27N3. The standard InChI is InChI=1S/C13H27N3/c1-3-16-9-5-7-13(16)11-15-8-4-6-12(10-15)14-2/h12-14H,3-11H2,1-2H3. The molecular weight excluding hydrogens is 198 g/mol. The van der Waals surface area contributed by atoms with Gasteiger partial charge in [-0.1, -0.05) is 6.92 Å². The van der Waals surface area contributed by atoms with Gasteiger partial charge >= 0.3 is 0 Å². The van der Waals surface area contributed by atoms with Crippen LogP contribution in [0.2, 0.25) is 0 Å². The molecule has 3 heteroatoms. The first-order valence-electron chi connectivity index (χ1n) is 6.97. The third-order valence-corrected chi connectivity index (χ3v) is 4.29. The average molecular weight is 225 g/mol. The normalized spacial score (nSPS) is 33.4. The van der Waals surface area contributed by atoms with Gasteiger partial charge in [-0.25, -0.2) is 0 Å². The molecule has 2 rings (SSSR count). The molecule has 94 valence electrons. The minimum Gasteiger partial charge on any atom is -0.316 e. The van der Waals surface area contributed by atoms with E-state index in [1.807, 2.05) is 0 Å². The quantitative estimate of drug-likeness (QED) is 0.774. The molecule has 0 bridgehead atoms. The second kappa shape index (κ2) is 5.99. The second-order valence-electron chi connectivity index (χ2n) is 5.31. The minimum absolute atomic E-state index is 0.727. The predicted octanol–water partition coefficient (Wildman–Crippen LogP) is 1.15. The highest BCUT2D eigenvalue weighted by molar-refractivity contribution is 4.84. The van der Waals surface area contributed by atoms with Crippen LogP contribution in [0.5, 0.6) is 0 Å². The van der Waals surface area contributed by atoms with E-state index in [9.17, 15) is 0 Å². The van der Waals surface area contributed by atoms with Crippen molar-refractivity contribution in [1.29, 1.82) is 0 Å². The molecule has 2 heterocycles. The molecule has 0 aromatic heterocycles. The molecule has 0 aromatic carbocycles. The molecule has 2 unspecified atom stereocenters. The van der Waals surface area contributed by atoms with Gasteiger partial charge in [-0.15, -0.1) is 0 Å². The van der Waals surface area contributed by atoms with Crippen LogP contribution in [0.15, 0.2) is 0 Å². The van der Waals surface area contributed by atoms with Crippen LogP contribution in [-0.2, 0) is 0 Å². The lowest BCUT2D eigenvalue weighted by molar-refractivity contribution is 0.141. The van der Waals surface area contributed by atoms with Crippen LogP contribution in [0.3, 0.4) is 0 Å². The zero-order chi connectivity index (χ0) is 11.4. The topological polar surface area (TPSA) is 18.5 Å². The van der Waals surface area contributed by atoms with Crippen LogP contribution in [-0.4, -0.2) is 61.7 Å². The lowest BCUT2D eigenvalue weighted by Gasteiger charge is -2.36. The zero-order valence-electron chi connectivity index (χ0n) is 10.9. The summed E-state index contributed by atoms with van der Waals surface area (Å²) < 4.78 is 0. The van der Waals surface area contributed by atoms with Gasteiger partial charge < -0.3 is 10.2 Å². The number of rotatable bonds is 4. The Hall–Kier alpha value is -0.120. The van der Waals surface area contributed by atoms with E-state index < -0.39 is 0 Å². The summed E-state index contributed by atoms with van der Waals surface area (Å²) in [6, 6.07) is 1.56. The fourth-order valence-electron chi connectivity index (χ4n) is 3.27. The van der Waals surface area contributed by atoms with Gasteiger partial charge in [0.25, 0.3) is 0 Å². The number of hydrogen-bond acceptors (Lipinski definition) is 3. The van der Waals surface area contributed by atoms with E-state index in [-0.39, 0.29) is 0 Å². The Morgan fingerprint density at radius 2 is 2.00 bits per heavy atom. The highest BCUT2D eigenvalue weighted by Crippen LogP contribution is 2.19. The van der Waals surface area contributed by atoms with Crippen LogP contribution in [0.1, 0.15) is 32.6 Å². The summed E-state index contributed by atoms with van der Waals surface area (Å²) in [4.78, 5) is 5.33. The summed E-state index contributed by atoms with van der Waals surface area (Å²) in [5.41, 5.74) is 0. The van der Waals surface area contributed by atoms with Crippen LogP contribution in [0.4, 0.5) is 0 Å². The van der Waals surface area contributed by atoms with Crippen molar-refractivity contribution >= 4 is 0 Å². The third kappa shape index (κ3) is 2.96. The van der Waals surface area contributed by atoms with Crippen LogP contribution >= 0.6 is 0 Å². The number of piperidine rings is 1. The van der Waals surface area contributed by atoms with Crippen molar-refractivity contribution in [3.63, 3.8) is 0 Å². The van der Waals surface area contributed by atoms with Gasteiger partial charge in [0.15, 0.2) is 0 Å². The molecule has 1 N–H and O–H groups in total. The molecule has 2 aliphatic heterocycles. The molecule has 2 saturated heterocycles. The van der Waals surface area contributed by atoms with Crippen molar-refractivity contribution in [2.45, 2.75) is 44.7 Å². The monoisotopic (exact) mass is 225 g/mol. The van der Waals surface area contributed by atoms with E-state index in [1.165, 1.54) is 58.4 Å². The zero-order valence-corrected chi connectivity index (χ0v) is 10.9. The first-order valence-corrected chi connectivity index (χ1v) is 6.97. The molecule has 2 atom stereocenters. The molecule has 3 nitrogen and oxygen atoms in total. The Morgan fingerprint density at radius 3 is 2.75 bits per heavy atom. The van der Waals surface area contributed by atoms with Crippen molar-refractivity contribution in [3.8, 4) is 0 Å². The lowest BCUT2D eigenvalue weighted by Crippen LogP contribution is -2.48. The van der Waals surface area contributed by atoms with Crippen molar-refractivity contribution < 1.29 is 0 Å². The Labute approximate surface area is 100 Å². The highest BCUT2D eigenvalue weighted by Gasteiger charge is 2.27. The fourth-order valence-corrected chi connectivity index (χ4v) is 3.27. The molecule has 0 amide bonds. The SMILES string of the molecule is CCN1CCCC1CN1CCCC(NC)C1. The molecule has 0 saturated carbocycles.